The zero-order valence-electron chi connectivity index (χ0n) is 21.7. The van der Waals surface area contributed by atoms with Gasteiger partial charge in [-0.1, -0.05) is 30.3 Å². The molecule has 2 heterocycles. The summed E-state index contributed by atoms with van der Waals surface area (Å²) >= 11 is 2.23. The predicted octanol–water partition coefficient (Wildman–Crippen LogP) is 10.2. The van der Waals surface area contributed by atoms with E-state index in [1.54, 1.807) is 54.6 Å². The molecule has 0 aliphatic heterocycles. The van der Waals surface area contributed by atoms with E-state index in [1.165, 1.54) is 34.8 Å². The van der Waals surface area contributed by atoms with Crippen LogP contribution in [0.5, 0.6) is 5.75 Å². The molecule has 1 nitrogen and oxygen atoms in total. The van der Waals surface area contributed by atoms with Crippen LogP contribution < -0.4 is 4.74 Å². The first kappa shape index (κ1) is 27.5. The minimum atomic E-state index is -5.61. The van der Waals surface area contributed by atoms with Crippen molar-refractivity contribution in [1.82, 2.24) is 0 Å². The van der Waals surface area contributed by atoms with Gasteiger partial charge in [0.1, 0.15) is 5.75 Å². The quantitative estimate of drug-likeness (QED) is 0.214. The van der Waals surface area contributed by atoms with Crippen LogP contribution in [-0.2, 0) is 0 Å². The fourth-order valence-corrected chi connectivity index (χ4v) is 7.66. The summed E-state index contributed by atoms with van der Waals surface area (Å²) in [5.74, 6) is -15.2. The summed E-state index contributed by atoms with van der Waals surface area (Å²) in [5, 5.41) is 0. The molecule has 0 saturated carbocycles. The zero-order chi connectivity index (χ0) is 28.5. The van der Waals surface area contributed by atoms with Crippen LogP contribution in [0.1, 0.15) is 32.0 Å². The fraction of sp³-hybridized carbons (Fsp3) is 0.267. The van der Waals surface area contributed by atoms with Crippen molar-refractivity contribution in [2.24, 2.45) is 0 Å². The molecule has 0 fully saturated rings. The molecule has 1 aliphatic carbocycles. The number of hydrogen-bond acceptors (Lipinski definition) is 3. The maximum Gasteiger partial charge on any atom is 0.380 e. The van der Waals surface area contributed by atoms with Crippen molar-refractivity contribution >= 4 is 33.8 Å². The van der Waals surface area contributed by atoms with Gasteiger partial charge in [-0.25, -0.2) is 0 Å². The normalized spacial score (nSPS) is 17.6. The van der Waals surface area contributed by atoms with Crippen LogP contribution in [0.15, 0.2) is 54.6 Å². The fourth-order valence-electron chi connectivity index (χ4n) is 5.32. The molecule has 1 aliphatic rings. The number of rotatable bonds is 5. The second-order valence-electron chi connectivity index (χ2n) is 9.54. The lowest BCUT2D eigenvalue weighted by molar-refractivity contribution is -0.254. The second-order valence-corrected chi connectivity index (χ2v) is 12.0. The van der Waals surface area contributed by atoms with Crippen LogP contribution in [0.3, 0.4) is 0 Å². The highest BCUT2D eigenvalue weighted by atomic mass is 32.1. The molecule has 2 aromatic heterocycles. The summed E-state index contributed by atoms with van der Waals surface area (Å²) in [6.07, 6.45) is 0. The molecule has 2 aromatic carbocycles. The number of benzene rings is 2. The number of allylic oxidation sites excluding steroid dienone is 2. The van der Waals surface area contributed by atoms with Crippen LogP contribution in [0.25, 0.3) is 32.0 Å². The van der Waals surface area contributed by atoms with Crippen molar-refractivity contribution in [2.75, 3.05) is 7.11 Å². The lowest BCUT2D eigenvalue weighted by atomic mass is 9.90. The van der Waals surface area contributed by atoms with Crippen molar-refractivity contribution in [3.63, 3.8) is 0 Å². The first-order chi connectivity index (χ1) is 18.3. The summed E-state index contributed by atoms with van der Waals surface area (Å²) in [5.41, 5.74) is -1.24. The first-order valence-electron chi connectivity index (χ1n) is 12.0. The Bertz CT molecular complexity index is 1590. The number of aryl methyl sites for hydroxylation is 2. The Kier molecular flexibility index (Phi) is 6.54. The third-order valence-electron chi connectivity index (χ3n) is 7.20. The average Bonchev–Trinajstić information content (AvgIpc) is 3.39. The van der Waals surface area contributed by atoms with E-state index in [1.807, 2.05) is 0 Å². The lowest BCUT2D eigenvalue weighted by Gasteiger charge is -2.26. The van der Waals surface area contributed by atoms with Gasteiger partial charge >= 0.3 is 17.8 Å². The molecule has 0 unspecified atom stereocenters. The Morgan fingerprint density at radius 1 is 0.590 bits per heavy atom. The molecule has 0 N–H and O–H groups in total. The van der Waals surface area contributed by atoms with E-state index >= 15 is 26.3 Å². The summed E-state index contributed by atoms with van der Waals surface area (Å²) in [6, 6.07) is 15.6. The van der Waals surface area contributed by atoms with E-state index in [4.69, 9.17) is 4.74 Å². The van der Waals surface area contributed by atoms with Gasteiger partial charge in [-0.3, -0.25) is 0 Å². The highest BCUT2D eigenvalue weighted by Crippen LogP contribution is 2.67. The smallest absolute Gasteiger partial charge is 0.380 e. The van der Waals surface area contributed by atoms with E-state index in [9.17, 15) is 0 Å². The average molecular weight is 579 g/mol. The van der Waals surface area contributed by atoms with Crippen molar-refractivity contribution in [3.05, 3.63) is 86.6 Å². The van der Waals surface area contributed by atoms with E-state index in [-0.39, 0.29) is 32.0 Å². The van der Waals surface area contributed by atoms with Gasteiger partial charge in [-0.15, -0.1) is 22.7 Å². The highest BCUT2D eigenvalue weighted by Gasteiger charge is 2.80. The van der Waals surface area contributed by atoms with Crippen LogP contribution in [0, 0.1) is 27.7 Å². The Morgan fingerprint density at radius 2 is 1.00 bits per heavy atom. The number of ether oxygens (including phenoxy) is 1. The van der Waals surface area contributed by atoms with Crippen LogP contribution in [0.4, 0.5) is 26.3 Å². The van der Waals surface area contributed by atoms with Crippen LogP contribution >= 0.6 is 22.7 Å². The Labute approximate surface area is 230 Å². The molecule has 204 valence electrons. The molecule has 0 amide bonds. The van der Waals surface area contributed by atoms with E-state index in [0.717, 1.165) is 22.7 Å². The van der Waals surface area contributed by atoms with Crippen LogP contribution in [-0.4, -0.2) is 24.9 Å². The third-order valence-corrected chi connectivity index (χ3v) is 9.71. The number of halogens is 6. The molecular formula is C30H24F6OS2. The van der Waals surface area contributed by atoms with Gasteiger partial charge in [0.25, 0.3) is 0 Å². The SMILES string of the molecule is COc1ccc(-c2sc(C)c(C3=C(c4c(C)sc(-c5ccccc5)c4C)C(F)(F)C(F)(F)C3(F)F)c2C)cc1. The molecule has 0 radical (unpaired) electrons. The zero-order valence-corrected chi connectivity index (χ0v) is 23.3. The third kappa shape index (κ3) is 3.88. The molecule has 4 aromatic rings. The second kappa shape index (κ2) is 9.27. The highest BCUT2D eigenvalue weighted by molar-refractivity contribution is 7.16. The summed E-state index contributed by atoms with van der Waals surface area (Å²) in [6.45, 7) is 6.03. The molecule has 0 spiro atoms. The first-order valence-corrected chi connectivity index (χ1v) is 13.7. The van der Waals surface area contributed by atoms with Crippen LogP contribution in [0.2, 0.25) is 0 Å². The minimum absolute atomic E-state index is 0.244. The minimum Gasteiger partial charge on any atom is -0.497 e. The summed E-state index contributed by atoms with van der Waals surface area (Å²) in [4.78, 5) is 1.64. The number of methoxy groups -OCH3 is 1. The summed E-state index contributed by atoms with van der Waals surface area (Å²) in [7, 11) is 1.50. The standard InChI is InChI=1S/C30H24F6OS2/c1-15-22(17(3)38-26(15)19-9-7-6-8-10-19)24-25(29(33,34)30(35,36)28(24,31)32)23-16(2)27(39-18(23)4)20-11-13-21(37-5)14-12-20/h6-14H,1-5H3. The Balaban J connectivity index is 1.83. The van der Waals surface area contributed by atoms with Gasteiger partial charge in [0, 0.05) is 41.8 Å². The van der Waals surface area contributed by atoms with Gasteiger partial charge in [-0.2, -0.15) is 26.3 Å². The molecule has 5 rings (SSSR count). The lowest BCUT2D eigenvalue weighted by Crippen LogP contribution is -2.49. The Hall–Kier alpha value is -3.04. The molecule has 0 bridgehead atoms. The van der Waals surface area contributed by atoms with Gasteiger partial charge in [-0.05, 0) is 74.2 Å². The molecular weight excluding hydrogens is 554 g/mol. The maximum absolute atomic E-state index is 15.7. The van der Waals surface area contributed by atoms with Gasteiger partial charge in [0.05, 0.1) is 7.11 Å². The van der Waals surface area contributed by atoms with Crippen molar-refractivity contribution < 1.29 is 31.1 Å². The van der Waals surface area contributed by atoms with Crippen molar-refractivity contribution in [2.45, 2.75) is 45.5 Å². The van der Waals surface area contributed by atoms with Crippen molar-refractivity contribution in [3.8, 4) is 26.6 Å². The topological polar surface area (TPSA) is 9.23 Å². The number of alkyl halides is 6. The maximum atomic E-state index is 15.7. The van der Waals surface area contributed by atoms with Crippen molar-refractivity contribution in [1.29, 1.82) is 0 Å². The van der Waals surface area contributed by atoms with Gasteiger partial charge < -0.3 is 4.74 Å². The van der Waals surface area contributed by atoms with E-state index in [2.05, 4.69) is 0 Å². The Morgan fingerprint density at radius 3 is 1.41 bits per heavy atom. The predicted molar refractivity (Wildman–Crippen MR) is 147 cm³/mol. The molecule has 9 heteroatoms. The van der Waals surface area contributed by atoms with Gasteiger partial charge in [0.2, 0.25) is 0 Å². The molecule has 39 heavy (non-hydrogen) atoms. The van der Waals surface area contributed by atoms with E-state index < -0.39 is 28.9 Å². The number of hydrogen-bond donors (Lipinski definition) is 0. The van der Waals surface area contributed by atoms with E-state index in [0.29, 0.717) is 26.6 Å². The number of thiophene rings is 2. The molecule has 0 atom stereocenters. The van der Waals surface area contributed by atoms with Gasteiger partial charge in [0.15, 0.2) is 0 Å². The monoisotopic (exact) mass is 578 g/mol. The summed E-state index contributed by atoms with van der Waals surface area (Å²) < 4.78 is 98.0. The molecule has 0 saturated heterocycles. The largest absolute Gasteiger partial charge is 0.497 e.